The number of aryl methyl sites for hydroxylation is 4. The predicted octanol–water partition coefficient (Wildman–Crippen LogP) is 5.03. The molecular formula is C16H19N3. The van der Waals surface area contributed by atoms with Crippen LogP contribution in [0.4, 0.5) is 11.4 Å². The number of hydrogen-bond acceptors (Lipinski definition) is 2. The molecule has 0 aliphatic carbocycles. The van der Waals surface area contributed by atoms with Crippen LogP contribution in [0.2, 0.25) is 0 Å². The number of anilines is 1. The molecule has 0 atom stereocenters. The van der Waals surface area contributed by atoms with E-state index in [4.69, 9.17) is 0 Å². The number of nitrogens with one attached hydrogen (secondary N) is 1. The Hall–Kier alpha value is -2.16. The van der Waals surface area contributed by atoms with Gasteiger partial charge in [0.2, 0.25) is 0 Å². The van der Waals surface area contributed by atoms with Crippen LogP contribution in [0.3, 0.4) is 0 Å². The van der Waals surface area contributed by atoms with Gasteiger partial charge in [-0.3, -0.25) is 5.43 Å². The van der Waals surface area contributed by atoms with Crippen LogP contribution in [0.15, 0.2) is 46.7 Å². The van der Waals surface area contributed by atoms with Crippen LogP contribution >= 0.6 is 0 Å². The summed E-state index contributed by atoms with van der Waals surface area (Å²) in [6, 6.07) is 12.2. The van der Waals surface area contributed by atoms with Gasteiger partial charge in [-0.1, -0.05) is 17.4 Å². The van der Waals surface area contributed by atoms with Gasteiger partial charge in [0.15, 0.2) is 0 Å². The Bertz CT molecular complexity index is 615. The smallest absolute Gasteiger partial charge is 0.0877 e. The lowest BCUT2D eigenvalue weighted by Gasteiger charge is -2.03. The molecule has 0 spiro atoms. The first-order valence-electron chi connectivity index (χ1n) is 6.37. The van der Waals surface area contributed by atoms with Crippen LogP contribution in [0.1, 0.15) is 22.3 Å². The van der Waals surface area contributed by atoms with Crippen LogP contribution in [-0.2, 0) is 0 Å². The summed E-state index contributed by atoms with van der Waals surface area (Å²) in [4.78, 5) is 0. The Morgan fingerprint density at radius 2 is 1.37 bits per heavy atom. The maximum Gasteiger partial charge on any atom is 0.0877 e. The van der Waals surface area contributed by atoms with E-state index in [1.165, 1.54) is 22.3 Å². The van der Waals surface area contributed by atoms with Gasteiger partial charge < -0.3 is 0 Å². The zero-order valence-electron chi connectivity index (χ0n) is 11.9. The highest BCUT2D eigenvalue weighted by Gasteiger charge is 1.96. The van der Waals surface area contributed by atoms with Gasteiger partial charge in [-0.2, -0.15) is 0 Å². The quantitative estimate of drug-likeness (QED) is 0.604. The third-order valence-electron chi connectivity index (χ3n) is 3.34. The minimum absolute atomic E-state index is 0.861. The van der Waals surface area contributed by atoms with Crippen molar-refractivity contribution in [1.82, 2.24) is 0 Å². The number of nitrogens with zero attached hydrogens (tertiary/aromatic N) is 2. The average Bonchev–Trinajstić information content (AvgIpc) is 2.38. The topological polar surface area (TPSA) is 36.8 Å². The van der Waals surface area contributed by atoms with Gasteiger partial charge in [-0.25, -0.2) is 0 Å². The molecule has 2 aromatic rings. The molecule has 2 rings (SSSR count). The van der Waals surface area contributed by atoms with Crippen LogP contribution in [-0.4, -0.2) is 0 Å². The summed E-state index contributed by atoms with van der Waals surface area (Å²) in [6.45, 7) is 8.34. The highest BCUT2D eigenvalue weighted by atomic mass is 15.4. The molecule has 0 aromatic heterocycles. The molecule has 0 saturated carbocycles. The maximum absolute atomic E-state index is 4.17. The lowest BCUT2D eigenvalue weighted by atomic mass is 10.1. The van der Waals surface area contributed by atoms with E-state index >= 15 is 0 Å². The average molecular weight is 253 g/mol. The summed E-state index contributed by atoms with van der Waals surface area (Å²) in [5, 5.41) is 8.20. The highest BCUT2D eigenvalue weighted by molar-refractivity contribution is 5.48. The minimum Gasteiger partial charge on any atom is -0.260 e. The summed E-state index contributed by atoms with van der Waals surface area (Å²) in [5.41, 5.74) is 9.77. The molecule has 0 heterocycles. The third-order valence-corrected chi connectivity index (χ3v) is 3.34. The zero-order chi connectivity index (χ0) is 13.8. The van der Waals surface area contributed by atoms with Gasteiger partial charge in [0.05, 0.1) is 11.4 Å². The summed E-state index contributed by atoms with van der Waals surface area (Å²) >= 11 is 0. The number of hydrogen-bond donors (Lipinski definition) is 1. The van der Waals surface area contributed by atoms with Gasteiger partial charge in [-0.15, -0.1) is 5.11 Å². The van der Waals surface area contributed by atoms with E-state index in [-0.39, 0.29) is 0 Å². The molecule has 0 radical (unpaired) electrons. The van der Waals surface area contributed by atoms with Gasteiger partial charge in [-0.05, 0) is 74.2 Å². The largest absolute Gasteiger partial charge is 0.260 e. The Kier molecular flexibility index (Phi) is 3.95. The third kappa shape index (κ3) is 3.41. The molecule has 1 N–H and O–H groups in total. The molecule has 0 aliphatic rings. The van der Waals surface area contributed by atoms with Crippen molar-refractivity contribution in [3.05, 3.63) is 58.7 Å². The lowest BCUT2D eigenvalue weighted by Crippen LogP contribution is -1.89. The van der Waals surface area contributed by atoms with Crippen molar-refractivity contribution < 1.29 is 0 Å². The van der Waals surface area contributed by atoms with Gasteiger partial charge >= 0.3 is 0 Å². The first-order chi connectivity index (χ1) is 9.06. The van der Waals surface area contributed by atoms with Crippen molar-refractivity contribution in [2.24, 2.45) is 10.3 Å². The molecule has 3 heteroatoms. The molecule has 2 aromatic carbocycles. The van der Waals surface area contributed by atoms with E-state index in [9.17, 15) is 0 Å². The predicted molar refractivity (Wildman–Crippen MR) is 80.0 cm³/mol. The van der Waals surface area contributed by atoms with Crippen molar-refractivity contribution in [3.63, 3.8) is 0 Å². The maximum atomic E-state index is 4.17. The van der Waals surface area contributed by atoms with Crippen LogP contribution in [0, 0.1) is 27.7 Å². The first kappa shape index (κ1) is 13.3. The molecule has 3 nitrogen and oxygen atoms in total. The Labute approximate surface area is 114 Å². The molecule has 0 amide bonds. The molecular weight excluding hydrogens is 234 g/mol. The second kappa shape index (κ2) is 5.65. The van der Waals surface area contributed by atoms with Gasteiger partial charge in [0.1, 0.15) is 0 Å². The Morgan fingerprint density at radius 3 is 2.00 bits per heavy atom. The second-order valence-electron chi connectivity index (χ2n) is 4.88. The standard InChI is InChI=1S/C16H19N3/c1-11-5-7-15(9-13(11)3)17-19-18-16-8-6-12(2)14(4)10-16/h5-10H,1-4H3,(H,17,18). The summed E-state index contributed by atoms with van der Waals surface area (Å²) in [7, 11) is 0. The lowest BCUT2D eigenvalue weighted by molar-refractivity contribution is 1.12. The van der Waals surface area contributed by atoms with Crippen LogP contribution in [0.25, 0.3) is 0 Å². The van der Waals surface area contributed by atoms with Crippen molar-refractivity contribution in [2.75, 3.05) is 5.43 Å². The van der Waals surface area contributed by atoms with E-state index in [0.717, 1.165) is 11.4 Å². The molecule has 0 unspecified atom stereocenters. The second-order valence-corrected chi connectivity index (χ2v) is 4.88. The summed E-state index contributed by atoms with van der Waals surface area (Å²) in [5.74, 6) is 0. The van der Waals surface area contributed by atoms with Gasteiger partial charge in [0.25, 0.3) is 0 Å². The Morgan fingerprint density at radius 1 is 0.737 bits per heavy atom. The Balaban J connectivity index is 2.06. The molecule has 19 heavy (non-hydrogen) atoms. The molecule has 0 bridgehead atoms. The summed E-state index contributed by atoms with van der Waals surface area (Å²) in [6.07, 6.45) is 0. The van der Waals surface area contributed by atoms with Crippen molar-refractivity contribution in [2.45, 2.75) is 27.7 Å². The molecule has 0 fully saturated rings. The van der Waals surface area contributed by atoms with Gasteiger partial charge in [0, 0.05) is 0 Å². The summed E-state index contributed by atoms with van der Waals surface area (Å²) < 4.78 is 0. The fourth-order valence-electron chi connectivity index (χ4n) is 1.74. The van der Waals surface area contributed by atoms with Crippen molar-refractivity contribution in [1.29, 1.82) is 0 Å². The SMILES string of the molecule is Cc1ccc(/N=N/Nc2ccc(C)c(C)c2)cc1C. The molecule has 0 saturated heterocycles. The normalized spacial score (nSPS) is 10.9. The fourth-order valence-corrected chi connectivity index (χ4v) is 1.74. The number of benzene rings is 2. The molecule has 98 valence electrons. The van der Waals surface area contributed by atoms with E-state index in [1.54, 1.807) is 0 Å². The van der Waals surface area contributed by atoms with Crippen molar-refractivity contribution in [3.8, 4) is 0 Å². The van der Waals surface area contributed by atoms with E-state index < -0.39 is 0 Å². The first-order valence-corrected chi connectivity index (χ1v) is 6.37. The fraction of sp³-hybridized carbons (Fsp3) is 0.250. The van der Waals surface area contributed by atoms with Crippen molar-refractivity contribution >= 4 is 11.4 Å². The van der Waals surface area contributed by atoms with Crippen LogP contribution in [0.5, 0.6) is 0 Å². The van der Waals surface area contributed by atoms with E-state index in [2.05, 4.69) is 61.7 Å². The highest BCUT2D eigenvalue weighted by Crippen LogP contribution is 2.18. The number of rotatable bonds is 3. The van der Waals surface area contributed by atoms with E-state index in [0.29, 0.717) is 0 Å². The zero-order valence-corrected chi connectivity index (χ0v) is 11.9. The minimum atomic E-state index is 0.861. The van der Waals surface area contributed by atoms with E-state index in [1.807, 2.05) is 18.2 Å². The molecule has 0 aliphatic heterocycles. The van der Waals surface area contributed by atoms with Crippen LogP contribution < -0.4 is 5.43 Å². The monoisotopic (exact) mass is 253 g/mol.